The van der Waals surface area contributed by atoms with Crippen molar-refractivity contribution in [2.24, 2.45) is 0 Å². The summed E-state index contributed by atoms with van der Waals surface area (Å²) < 4.78 is 0. The van der Waals surface area contributed by atoms with Gasteiger partial charge < -0.3 is 10.6 Å². The van der Waals surface area contributed by atoms with Gasteiger partial charge in [-0.1, -0.05) is 6.07 Å². The first-order valence-corrected chi connectivity index (χ1v) is 6.63. The molecule has 4 heteroatoms. The van der Waals surface area contributed by atoms with Crippen LogP contribution in [-0.4, -0.2) is 18.2 Å². The van der Waals surface area contributed by atoms with Crippen LogP contribution in [0.2, 0.25) is 0 Å². The van der Waals surface area contributed by atoms with E-state index in [9.17, 15) is 4.79 Å². The van der Waals surface area contributed by atoms with Crippen molar-refractivity contribution in [3.8, 4) is 0 Å². The molecule has 3 nitrogen and oxygen atoms in total. The van der Waals surface area contributed by atoms with Gasteiger partial charge in [-0.15, -0.1) is 11.8 Å². The molecule has 2 N–H and O–H groups in total. The second kappa shape index (κ2) is 4.35. The summed E-state index contributed by atoms with van der Waals surface area (Å²) in [6, 6.07) is 6.26. The van der Waals surface area contributed by atoms with Crippen LogP contribution in [0.5, 0.6) is 0 Å². The minimum atomic E-state index is -0.0898. The highest BCUT2D eigenvalue weighted by Gasteiger charge is 2.25. The molecule has 0 radical (unpaired) electrons. The standard InChI is InChI=1S/C13H18N2OS/c1-8-12(16)15-10-7-9(13(2,3)14-4)5-6-11(10)17-8/h5-8,14H,1-4H3,(H,15,16). The third kappa shape index (κ3) is 2.33. The average Bonchev–Trinajstić information content (AvgIpc) is 2.30. The smallest absolute Gasteiger partial charge is 0.237 e. The lowest BCUT2D eigenvalue weighted by molar-refractivity contribution is -0.115. The van der Waals surface area contributed by atoms with Gasteiger partial charge in [0.2, 0.25) is 5.91 Å². The van der Waals surface area contributed by atoms with Crippen LogP contribution < -0.4 is 10.6 Å². The molecular weight excluding hydrogens is 232 g/mol. The molecule has 0 spiro atoms. The largest absolute Gasteiger partial charge is 0.324 e. The summed E-state index contributed by atoms with van der Waals surface area (Å²) in [6.45, 7) is 6.17. The molecule has 0 aromatic heterocycles. The number of carbonyl (C=O) groups is 1. The molecule has 1 atom stereocenters. The number of hydrogen-bond donors (Lipinski definition) is 2. The highest BCUT2D eigenvalue weighted by Crippen LogP contribution is 2.37. The Morgan fingerprint density at radius 3 is 2.76 bits per heavy atom. The Bertz CT molecular complexity index is 457. The second-order valence-corrected chi connectivity index (χ2v) is 6.22. The molecule has 1 unspecified atom stereocenters. The van der Waals surface area contributed by atoms with Gasteiger partial charge in [0.05, 0.1) is 10.9 Å². The van der Waals surface area contributed by atoms with Gasteiger partial charge in [-0.2, -0.15) is 0 Å². The summed E-state index contributed by atoms with van der Waals surface area (Å²) in [4.78, 5) is 12.8. The van der Waals surface area contributed by atoms with Gasteiger partial charge in [0, 0.05) is 10.4 Å². The van der Waals surface area contributed by atoms with E-state index in [4.69, 9.17) is 0 Å². The summed E-state index contributed by atoms with van der Waals surface area (Å²) in [5.74, 6) is 0.0851. The van der Waals surface area contributed by atoms with Gasteiger partial charge in [-0.3, -0.25) is 4.79 Å². The molecule has 1 aromatic rings. The Morgan fingerprint density at radius 1 is 1.41 bits per heavy atom. The van der Waals surface area contributed by atoms with Crippen LogP contribution in [0.1, 0.15) is 26.3 Å². The molecular formula is C13H18N2OS. The lowest BCUT2D eigenvalue weighted by atomic mass is 9.94. The Kier molecular flexibility index (Phi) is 3.19. The Balaban J connectivity index is 2.38. The number of benzene rings is 1. The number of thioether (sulfide) groups is 1. The van der Waals surface area contributed by atoms with Crippen molar-refractivity contribution in [3.05, 3.63) is 23.8 Å². The van der Waals surface area contributed by atoms with Crippen LogP contribution in [0.25, 0.3) is 0 Å². The first-order chi connectivity index (χ1) is 7.94. The van der Waals surface area contributed by atoms with E-state index in [0.717, 1.165) is 10.6 Å². The van der Waals surface area contributed by atoms with Crippen molar-refractivity contribution >= 4 is 23.4 Å². The maximum atomic E-state index is 11.6. The maximum absolute atomic E-state index is 11.6. The van der Waals surface area contributed by atoms with Crippen molar-refractivity contribution in [2.75, 3.05) is 12.4 Å². The fourth-order valence-electron chi connectivity index (χ4n) is 1.74. The normalized spacial score (nSPS) is 19.8. The predicted molar refractivity (Wildman–Crippen MR) is 72.5 cm³/mol. The summed E-state index contributed by atoms with van der Waals surface area (Å²) in [5, 5.41) is 6.21. The monoisotopic (exact) mass is 250 g/mol. The van der Waals surface area contributed by atoms with E-state index in [-0.39, 0.29) is 16.7 Å². The van der Waals surface area contributed by atoms with Crippen LogP contribution >= 0.6 is 11.8 Å². The van der Waals surface area contributed by atoms with E-state index in [2.05, 4.69) is 42.7 Å². The van der Waals surface area contributed by atoms with Crippen molar-refractivity contribution in [1.82, 2.24) is 5.32 Å². The number of rotatable bonds is 2. The van der Waals surface area contributed by atoms with E-state index >= 15 is 0 Å². The van der Waals surface area contributed by atoms with Crippen molar-refractivity contribution in [2.45, 2.75) is 36.5 Å². The van der Waals surface area contributed by atoms with Crippen molar-refractivity contribution < 1.29 is 4.79 Å². The van der Waals surface area contributed by atoms with Crippen LogP contribution in [0.4, 0.5) is 5.69 Å². The molecule has 17 heavy (non-hydrogen) atoms. The van der Waals surface area contributed by atoms with Crippen LogP contribution in [0.15, 0.2) is 23.1 Å². The summed E-state index contributed by atoms with van der Waals surface area (Å²) in [7, 11) is 1.94. The van der Waals surface area contributed by atoms with E-state index in [0.29, 0.717) is 0 Å². The molecule has 2 rings (SSSR count). The molecule has 0 bridgehead atoms. The summed E-state index contributed by atoms with van der Waals surface area (Å²) in [5.41, 5.74) is 2.01. The molecule has 1 aliphatic rings. The van der Waals surface area contributed by atoms with Gasteiger partial charge in [0.15, 0.2) is 0 Å². The second-order valence-electron chi connectivity index (χ2n) is 4.84. The van der Waals surface area contributed by atoms with Gasteiger partial charge in [-0.25, -0.2) is 0 Å². The van der Waals surface area contributed by atoms with Gasteiger partial charge >= 0.3 is 0 Å². The predicted octanol–water partition coefficient (Wildman–Crippen LogP) is 2.57. The van der Waals surface area contributed by atoms with E-state index < -0.39 is 0 Å². The molecule has 0 saturated carbocycles. The third-order valence-corrected chi connectivity index (χ3v) is 4.43. The lowest BCUT2D eigenvalue weighted by Crippen LogP contribution is -2.33. The minimum Gasteiger partial charge on any atom is -0.324 e. The molecule has 1 amide bonds. The Labute approximate surface area is 106 Å². The van der Waals surface area contributed by atoms with Crippen LogP contribution in [-0.2, 0) is 10.3 Å². The molecule has 0 fully saturated rings. The van der Waals surface area contributed by atoms with Crippen molar-refractivity contribution in [1.29, 1.82) is 0 Å². The zero-order chi connectivity index (χ0) is 12.6. The first-order valence-electron chi connectivity index (χ1n) is 5.75. The molecule has 0 aliphatic carbocycles. The first kappa shape index (κ1) is 12.5. The van der Waals surface area contributed by atoms with Crippen LogP contribution in [0.3, 0.4) is 0 Å². The number of hydrogen-bond acceptors (Lipinski definition) is 3. The topological polar surface area (TPSA) is 41.1 Å². The lowest BCUT2D eigenvalue weighted by Gasteiger charge is -2.28. The Morgan fingerprint density at radius 2 is 2.12 bits per heavy atom. The molecule has 1 aliphatic heterocycles. The molecule has 1 aromatic carbocycles. The number of fused-ring (bicyclic) bond motifs is 1. The zero-order valence-electron chi connectivity index (χ0n) is 10.6. The highest BCUT2D eigenvalue weighted by atomic mass is 32.2. The molecule has 1 heterocycles. The third-order valence-electron chi connectivity index (χ3n) is 3.26. The number of anilines is 1. The number of carbonyl (C=O) groups excluding carboxylic acids is 1. The zero-order valence-corrected chi connectivity index (χ0v) is 11.4. The van der Waals surface area contributed by atoms with Gasteiger partial charge in [0.1, 0.15) is 0 Å². The SMILES string of the molecule is CNC(C)(C)c1ccc2c(c1)NC(=O)C(C)S2. The highest BCUT2D eigenvalue weighted by molar-refractivity contribution is 8.00. The number of nitrogens with one attached hydrogen (secondary N) is 2. The van der Waals surface area contributed by atoms with E-state index in [1.165, 1.54) is 5.56 Å². The van der Waals surface area contributed by atoms with E-state index in [1.54, 1.807) is 11.8 Å². The fraction of sp³-hybridized carbons (Fsp3) is 0.462. The molecule has 0 saturated heterocycles. The van der Waals surface area contributed by atoms with Crippen molar-refractivity contribution in [3.63, 3.8) is 0 Å². The average molecular weight is 250 g/mol. The fourth-order valence-corrected chi connectivity index (χ4v) is 2.67. The number of amides is 1. The molecule has 92 valence electrons. The Hall–Kier alpha value is -1.000. The maximum Gasteiger partial charge on any atom is 0.237 e. The van der Waals surface area contributed by atoms with E-state index in [1.807, 2.05) is 14.0 Å². The van der Waals surface area contributed by atoms with Crippen LogP contribution in [0, 0.1) is 0 Å². The minimum absolute atomic E-state index is 0.00865. The van der Waals surface area contributed by atoms with Gasteiger partial charge in [0.25, 0.3) is 0 Å². The quantitative estimate of drug-likeness (QED) is 0.847. The van der Waals surface area contributed by atoms with Gasteiger partial charge in [-0.05, 0) is 45.5 Å². The summed E-state index contributed by atoms with van der Waals surface area (Å²) in [6.07, 6.45) is 0. The summed E-state index contributed by atoms with van der Waals surface area (Å²) >= 11 is 1.61.